The molecule has 3 aromatic carbocycles. The normalized spacial score (nSPS) is 10.5. The van der Waals surface area contributed by atoms with Crippen molar-refractivity contribution >= 4 is 28.8 Å². The average molecular weight is 425 g/mol. The number of carbonyl (C=O) groups is 3. The molecule has 0 spiro atoms. The Morgan fingerprint density at radius 1 is 0.812 bits per heavy atom. The number of hydrogen-bond acceptors (Lipinski definition) is 5. The number of pyridine rings is 1. The number of para-hydroxylation sites is 1. The molecule has 4 aromatic rings. The molecule has 7 heteroatoms. The number of urea groups is 1. The lowest BCUT2D eigenvalue weighted by molar-refractivity contribution is -0.123. The zero-order valence-corrected chi connectivity index (χ0v) is 16.9. The predicted octanol–water partition coefficient (Wildman–Crippen LogP) is 3.92. The van der Waals surface area contributed by atoms with Gasteiger partial charge in [-0.1, -0.05) is 72.8 Å². The number of rotatable bonds is 5. The minimum Gasteiger partial charge on any atom is -0.452 e. The molecule has 3 N–H and O–H groups in total. The van der Waals surface area contributed by atoms with Gasteiger partial charge in [0.1, 0.15) is 0 Å². The maximum Gasteiger partial charge on any atom is 0.339 e. The summed E-state index contributed by atoms with van der Waals surface area (Å²) in [7, 11) is 0. The molecule has 0 saturated carbocycles. The van der Waals surface area contributed by atoms with Crippen LogP contribution in [0.3, 0.4) is 0 Å². The maximum atomic E-state index is 12.7. The summed E-state index contributed by atoms with van der Waals surface area (Å²) in [6, 6.07) is 25.7. The zero-order chi connectivity index (χ0) is 22.5. The van der Waals surface area contributed by atoms with Gasteiger partial charge in [0.05, 0.1) is 16.8 Å². The van der Waals surface area contributed by atoms with Crippen LogP contribution in [0.4, 0.5) is 4.79 Å². The first-order valence-corrected chi connectivity index (χ1v) is 9.83. The summed E-state index contributed by atoms with van der Waals surface area (Å²) in [4.78, 5) is 39.7. The number of nitrogens with zero attached hydrogens (tertiary/aromatic N) is 1. The fraction of sp³-hybridized carbons (Fsp3) is 0.0400. The number of nitrogens with one attached hydrogen (secondary N) is 1. The molecule has 4 rings (SSSR count). The molecular formula is C25H19N3O4. The number of imide groups is 1. The number of amides is 3. The SMILES string of the molecule is NC(=O)NC(=O)COC(=O)c1cc(-c2ccc(-c3ccccc3)cc2)nc2ccccc12. The van der Waals surface area contributed by atoms with E-state index in [1.54, 1.807) is 24.3 Å². The topological polar surface area (TPSA) is 111 Å². The van der Waals surface area contributed by atoms with E-state index in [0.29, 0.717) is 16.6 Å². The first-order valence-electron chi connectivity index (χ1n) is 9.83. The summed E-state index contributed by atoms with van der Waals surface area (Å²) < 4.78 is 5.08. The Balaban J connectivity index is 1.65. The minimum absolute atomic E-state index is 0.268. The molecule has 7 nitrogen and oxygen atoms in total. The number of hydrogen-bond donors (Lipinski definition) is 2. The van der Waals surface area contributed by atoms with Crippen LogP contribution in [0.15, 0.2) is 84.9 Å². The number of primary amides is 1. The van der Waals surface area contributed by atoms with Crippen molar-refractivity contribution in [3.8, 4) is 22.4 Å². The molecule has 0 saturated heterocycles. The zero-order valence-electron chi connectivity index (χ0n) is 16.9. The smallest absolute Gasteiger partial charge is 0.339 e. The second-order valence-corrected chi connectivity index (χ2v) is 7.00. The Morgan fingerprint density at radius 3 is 2.16 bits per heavy atom. The number of aromatic nitrogens is 1. The van der Waals surface area contributed by atoms with Crippen molar-refractivity contribution in [3.63, 3.8) is 0 Å². The van der Waals surface area contributed by atoms with Gasteiger partial charge in [-0.05, 0) is 23.3 Å². The second-order valence-electron chi connectivity index (χ2n) is 7.00. The van der Waals surface area contributed by atoms with Crippen LogP contribution in [-0.2, 0) is 9.53 Å². The van der Waals surface area contributed by atoms with E-state index in [0.717, 1.165) is 16.7 Å². The summed E-state index contributed by atoms with van der Waals surface area (Å²) in [5, 5.41) is 2.45. The Morgan fingerprint density at radius 2 is 1.44 bits per heavy atom. The average Bonchev–Trinajstić information content (AvgIpc) is 2.82. The number of esters is 1. The highest BCUT2D eigenvalue weighted by Crippen LogP contribution is 2.27. The van der Waals surface area contributed by atoms with E-state index in [9.17, 15) is 14.4 Å². The van der Waals surface area contributed by atoms with Crippen molar-refractivity contribution < 1.29 is 19.1 Å². The third-order valence-corrected chi connectivity index (χ3v) is 4.82. The van der Waals surface area contributed by atoms with E-state index in [1.807, 2.05) is 66.0 Å². The van der Waals surface area contributed by atoms with Gasteiger partial charge in [-0.15, -0.1) is 0 Å². The lowest BCUT2D eigenvalue weighted by atomic mass is 10.0. The van der Waals surface area contributed by atoms with E-state index in [1.165, 1.54) is 0 Å². The van der Waals surface area contributed by atoms with Gasteiger partial charge < -0.3 is 10.5 Å². The van der Waals surface area contributed by atoms with Crippen molar-refractivity contribution in [1.29, 1.82) is 0 Å². The van der Waals surface area contributed by atoms with Crippen LogP contribution in [0.5, 0.6) is 0 Å². The highest BCUT2D eigenvalue weighted by Gasteiger charge is 2.17. The predicted molar refractivity (Wildman–Crippen MR) is 121 cm³/mol. The third-order valence-electron chi connectivity index (χ3n) is 4.82. The van der Waals surface area contributed by atoms with E-state index >= 15 is 0 Å². The molecule has 32 heavy (non-hydrogen) atoms. The Labute approximate surface area is 183 Å². The fourth-order valence-electron chi connectivity index (χ4n) is 3.34. The van der Waals surface area contributed by atoms with Crippen LogP contribution in [-0.4, -0.2) is 29.5 Å². The number of fused-ring (bicyclic) bond motifs is 1. The van der Waals surface area contributed by atoms with Gasteiger partial charge in [0.25, 0.3) is 5.91 Å². The van der Waals surface area contributed by atoms with E-state index in [4.69, 9.17) is 10.5 Å². The van der Waals surface area contributed by atoms with Crippen molar-refractivity contribution in [2.75, 3.05) is 6.61 Å². The molecule has 1 heterocycles. The summed E-state index contributed by atoms with van der Waals surface area (Å²) in [6.07, 6.45) is 0. The van der Waals surface area contributed by atoms with Crippen LogP contribution >= 0.6 is 0 Å². The molecule has 0 atom stereocenters. The van der Waals surface area contributed by atoms with Crippen LogP contribution < -0.4 is 11.1 Å². The first-order chi connectivity index (χ1) is 15.5. The molecule has 0 bridgehead atoms. The van der Waals surface area contributed by atoms with Gasteiger partial charge in [-0.2, -0.15) is 0 Å². The monoisotopic (exact) mass is 425 g/mol. The number of nitrogens with two attached hydrogens (primary N) is 1. The summed E-state index contributed by atoms with van der Waals surface area (Å²) in [6.45, 7) is -0.625. The van der Waals surface area contributed by atoms with E-state index in [-0.39, 0.29) is 5.56 Å². The second kappa shape index (κ2) is 9.09. The van der Waals surface area contributed by atoms with Gasteiger partial charge in [-0.25, -0.2) is 14.6 Å². The standard InChI is InChI=1S/C25H19N3O4/c26-25(31)28-23(29)15-32-24(30)20-14-22(27-21-9-5-4-8-19(20)21)18-12-10-17(11-13-18)16-6-2-1-3-7-16/h1-14H,15H2,(H3,26,28,29,31). The maximum absolute atomic E-state index is 12.7. The van der Waals surface area contributed by atoms with Crippen LogP contribution in [0, 0.1) is 0 Å². The minimum atomic E-state index is -1.01. The Hall–Kier alpha value is -4.52. The van der Waals surface area contributed by atoms with Crippen LogP contribution in [0.25, 0.3) is 33.3 Å². The van der Waals surface area contributed by atoms with Crippen LogP contribution in [0.1, 0.15) is 10.4 Å². The van der Waals surface area contributed by atoms with Gasteiger partial charge >= 0.3 is 12.0 Å². The Bertz CT molecular complexity index is 1300. The molecule has 0 fully saturated rings. The van der Waals surface area contributed by atoms with Gasteiger partial charge in [0.15, 0.2) is 6.61 Å². The molecule has 0 aliphatic carbocycles. The highest BCUT2D eigenvalue weighted by atomic mass is 16.5. The molecule has 0 aliphatic rings. The van der Waals surface area contributed by atoms with Crippen molar-refractivity contribution in [2.45, 2.75) is 0 Å². The van der Waals surface area contributed by atoms with Gasteiger partial charge in [-0.3, -0.25) is 10.1 Å². The molecular weight excluding hydrogens is 406 g/mol. The van der Waals surface area contributed by atoms with Gasteiger partial charge in [0, 0.05) is 10.9 Å². The fourth-order valence-corrected chi connectivity index (χ4v) is 3.34. The molecule has 1 aromatic heterocycles. The van der Waals surface area contributed by atoms with E-state index < -0.39 is 24.5 Å². The quantitative estimate of drug-likeness (QED) is 0.471. The lowest BCUT2D eigenvalue weighted by Gasteiger charge is -2.10. The molecule has 0 radical (unpaired) electrons. The number of benzene rings is 3. The van der Waals surface area contributed by atoms with E-state index in [2.05, 4.69) is 4.98 Å². The summed E-state index contributed by atoms with van der Waals surface area (Å²) in [5.41, 5.74) is 9.37. The van der Waals surface area contributed by atoms with Crippen LogP contribution in [0.2, 0.25) is 0 Å². The molecule has 0 unspecified atom stereocenters. The van der Waals surface area contributed by atoms with Crippen molar-refractivity contribution in [3.05, 3.63) is 90.5 Å². The Kier molecular flexibility index (Phi) is 5.89. The number of ether oxygens (including phenoxy) is 1. The highest BCUT2D eigenvalue weighted by molar-refractivity contribution is 6.05. The largest absolute Gasteiger partial charge is 0.452 e. The molecule has 3 amide bonds. The van der Waals surface area contributed by atoms with Crippen molar-refractivity contribution in [2.24, 2.45) is 5.73 Å². The first kappa shape index (κ1) is 20.7. The van der Waals surface area contributed by atoms with Crippen molar-refractivity contribution in [1.82, 2.24) is 10.3 Å². The molecule has 0 aliphatic heterocycles. The molecule has 158 valence electrons. The summed E-state index contributed by atoms with van der Waals surface area (Å²) >= 11 is 0. The van der Waals surface area contributed by atoms with Gasteiger partial charge in [0.2, 0.25) is 0 Å². The third kappa shape index (κ3) is 4.62. The lowest BCUT2D eigenvalue weighted by Crippen LogP contribution is -2.37. The summed E-state index contributed by atoms with van der Waals surface area (Å²) in [5.74, 6) is -1.51. The number of carbonyl (C=O) groups excluding carboxylic acids is 3.